The van der Waals surface area contributed by atoms with Crippen LogP contribution in [-0.4, -0.2) is 39.5 Å². The Balaban J connectivity index is -0.000000411. The van der Waals surface area contributed by atoms with E-state index in [1.54, 1.807) is 26.6 Å². The molecule has 0 atom stereocenters. The molecule has 0 fully saturated rings. The monoisotopic (exact) mass is 614 g/mol. The Bertz CT molecular complexity index is 174. The van der Waals surface area contributed by atoms with Gasteiger partial charge in [-0.15, -0.1) is 0 Å². The van der Waals surface area contributed by atoms with Gasteiger partial charge < -0.3 is 13.5 Å². The third-order valence-electron chi connectivity index (χ3n) is 5.30. The second-order valence-corrected chi connectivity index (χ2v) is 25.2. The number of hydrogen-bond acceptors (Lipinski definition) is 0. The Labute approximate surface area is 196 Å². The van der Waals surface area contributed by atoms with Crippen molar-refractivity contribution in [2.75, 3.05) is 0 Å². The average Bonchev–Trinajstić information content (AvgIpc) is 2.67. The fraction of sp³-hybridized carbons (Fsp3) is 1.00. The smallest absolute Gasteiger partial charge is 2.00 e. The zero-order valence-corrected chi connectivity index (χ0v) is 26.7. The molecule has 0 bridgehead atoms. The first-order valence-electron chi connectivity index (χ1n) is 12.4. The molecule has 164 valence electrons. The molecule has 0 N–H and O–H groups in total. The molecule has 0 aliphatic carbocycles. The van der Waals surface area contributed by atoms with Gasteiger partial charge in [-0.05, 0) is 0 Å². The van der Waals surface area contributed by atoms with Crippen LogP contribution in [0.15, 0.2) is 0 Å². The fourth-order valence-electron chi connectivity index (χ4n) is 3.31. The van der Waals surface area contributed by atoms with Gasteiger partial charge >= 0.3 is 185 Å². The van der Waals surface area contributed by atoms with Crippen molar-refractivity contribution in [2.24, 2.45) is 0 Å². The molecular weight excluding hydrogens is 558 g/mol. The molecule has 0 aliphatic rings. The summed E-state index contributed by atoms with van der Waals surface area (Å²) < 4.78 is 10.1. The summed E-state index contributed by atoms with van der Waals surface area (Å²) in [6.07, 6.45) is 17.7. The van der Waals surface area contributed by atoms with Crippen molar-refractivity contribution in [3.8, 4) is 0 Å². The van der Waals surface area contributed by atoms with Gasteiger partial charge in [0.1, 0.15) is 0 Å². The van der Waals surface area contributed by atoms with E-state index in [4.69, 9.17) is 0 Å². The third kappa shape index (κ3) is 27.9. The Kier molecular flexibility index (Phi) is 37.5. The first kappa shape index (κ1) is 33.6. The SMILES string of the molecule is CCC[CH2][Sn+]([CH2]CCC)[CH2]CCC.CCC[CH2][Sn+]([CH2]CCC)[CH2]CCC.[S-2]. The first-order chi connectivity index (χ1) is 12.7. The fourth-order valence-corrected chi connectivity index (χ4v) is 22.2. The van der Waals surface area contributed by atoms with Gasteiger partial charge in [0, 0.05) is 0 Å². The third-order valence-corrected chi connectivity index (χ3v) is 23.5. The normalized spacial score (nSPS) is 10.0. The van der Waals surface area contributed by atoms with Gasteiger partial charge in [-0.25, -0.2) is 0 Å². The molecule has 3 heteroatoms. The van der Waals surface area contributed by atoms with Crippen LogP contribution in [0.25, 0.3) is 0 Å². The van der Waals surface area contributed by atoms with Crippen LogP contribution in [0.4, 0.5) is 0 Å². The standard InChI is InChI=1S/6C4H9.S.2Sn/c6*1-3-4-2;;;/h6*1,3-4H2,2H3;;;/q;;;;;;-2;2*+1. The maximum absolute atomic E-state index is 2.33. The predicted molar refractivity (Wildman–Crippen MR) is 137 cm³/mol. The van der Waals surface area contributed by atoms with Crippen molar-refractivity contribution < 1.29 is 0 Å². The molecule has 0 radical (unpaired) electrons. The van der Waals surface area contributed by atoms with Crippen LogP contribution < -0.4 is 0 Å². The Morgan fingerprint density at radius 1 is 0.333 bits per heavy atom. The van der Waals surface area contributed by atoms with E-state index in [2.05, 4.69) is 41.5 Å². The molecule has 0 rings (SSSR count). The van der Waals surface area contributed by atoms with Crippen LogP contribution in [0.2, 0.25) is 26.6 Å². The van der Waals surface area contributed by atoms with E-state index in [0.29, 0.717) is 0 Å². The minimum absolute atomic E-state index is 0. The maximum Gasteiger partial charge on any atom is -2.00 e. The Morgan fingerprint density at radius 2 is 0.481 bits per heavy atom. The molecule has 0 aromatic carbocycles. The van der Waals surface area contributed by atoms with E-state index >= 15 is 0 Å². The molecule has 0 aliphatic heterocycles. The van der Waals surface area contributed by atoms with Crippen molar-refractivity contribution in [2.45, 2.75) is 145 Å². The average molecular weight is 612 g/mol. The van der Waals surface area contributed by atoms with Gasteiger partial charge in [-0.1, -0.05) is 0 Å². The van der Waals surface area contributed by atoms with Gasteiger partial charge in [0.25, 0.3) is 0 Å². The summed E-state index contributed by atoms with van der Waals surface area (Å²) in [5.74, 6) is 0. The molecule has 0 amide bonds. The van der Waals surface area contributed by atoms with E-state index in [1.807, 2.05) is 0 Å². The van der Waals surface area contributed by atoms with Gasteiger partial charge in [-0.2, -0.15) is 0 Å². The van der Waals surface area contributed by atoms with E-state index < -0.39 is 39.5 Å². The predicted octanol–water partition coefficient (Wildman–Crippen LogP) is 9.76. The molecule has 0 spiro atoms. The molecule has 0 saturated carbocycles. The van der Waals surface area contributed by atoms with Crippen LogP contribution in [-0.2, 0) is 13.5 Å². The summed E-state index contributed by atoms with van der Waals surface area (Å²) in [5, 5.41) is 0. The minimum Gasteiger partial charge on any atom is -2.00 e. The van der Waals surface area contributed by atoms with Crippen molar-refractivity contribution in [3.05, 3.63) is 0 Å². The van der Waals surface area contributed by atoms with Crippen molar-refractivity contribution in [1.29, 1.82) is 0 Å². The summed E-state index contributed by atoms with van der Waals surface area (Å²) in [5.41, 5.74) is 0. The Morgan fingerprint density at radius 3 is 0.593 bits per heavy atom. The van der Waals surface area contributed by atoms with E-state index in [1.165, 1.54) is 77.0 Å². The van der Waals surface area contributed by atoms with Crippen LogP contribution >= 0.6 is 0 Å². The van der Waals surface area contributed by atoms with Crippen molar-refractivity contribution in [1.82, 2.24) is 0 Å². The minimum atomic E-state index is -0.839. The summed E-state index contributed by atoms with van der Waals surface area (Å²) in [7, 11) is 0. The van der Waals surface area contributed by atoms with Gasteiger partial charge in [0.2, 0.25) is 0 Å². The zero-order valence-electron chi connectivity index (χ0n) is 20.1. The van der Waals surface area contributed by atoms with E-state index in [0.717, 1.165) is 0 Å². The summed E-state index contributed by atoms with van der Waals surface area (Å²) in [6.45, 7) is 14.0. The van der Waals surface area contributed by atoms with Crippen LogP contribution in [0.5, 0.6) is 0 Å². The Hall–Kier alpha value is 1.95. The quantitative estimate of drug-likeness (QED) is 0.135. The van der Waals surface area contributed by atoms with Gasteiger partial charge in [-0.3, -0.25) is 0 Å². The molecule has 0 saturated heterocycles. The number of hydrogen-bond donors (Lipinski definition) is 0. The first-order valence-corrected chi connectivity index (χ1v) is 24.5. The van der Waals surface area contributed by atoms with E-state index in [9.17, 15) is 0 Å². The van der Waals surface area contributed by atoms with E-state index in [-0.39, 0.29) is 13.5 Å². The van der Waals surface area contributed by atoms with Gasteiger partial charge in [0.05, 0.1) is 0 Å². The second kappa shape index (κ2) is 30.1. The van der Waals surface area contributed by atoms with Gasteiger partial charge in [0.15, 0.2) is 0 Å². The molecule has 0 unspecified atom stereocenters. The molecular formula is C24H54SSn2. The van der Waals surface area contributed by atoms with Crippen LogP contribution in [0, 0.1) is 0 Å². The molecule has 0 nitrogen and oxygen atoms in total. The zero-order chi connectivity index (χ0) is 19.9. The molecule has 0 heterocycles. The van der Waals surface area contributed by atoms with Crippen LogP contribution in [0.1, 0.15) is 119 Å². The number of rotatable bonds is 18. The summed E-state index contributed by atoms with van der Waals surface area (Å²) in [4.78, 5) is 0. The maximum atomic E-state index is 2.33. The van der Waals surface area contributed by atoms with Crippen molar-refractivity contribution in [3.63, 3.8) is 0 Å². The summed E-state index contributed by atoms with van der Waals surface area (Å²) >= 11 is -1.68. The molecule has 0 aromatic heterocycles. The number of unbranched alkanes of at least 4 members (excludes halogenated alkanes) is 6. The molecule has 27 heavy (non-hydrogen) atoms. The molecule has 0 aromatic rings. The largest absolute Gasteiger partial charge is 2.00 e. The van der Waals surface area contributed by atoms with Crippen molar-refractivity contribution >= 4 is 53.0 Å². The topological polar surface area (TPSA) is 0 Å². The second-order valence-electron chi connectivity index (χ2n) is 8.12. The van der Waals surface area contributed by atoms with Crippen LogP contribution in [0.3, 0.4) is 0 Å². The summed E-state index contributed by atoms with van der Waals surface area (Å²) in [6, 6.07) is 0.